The fourth-order valence-electron chi connectivity index (χ4n) is 8.74. The van der Waals surface area contributed by atoms with Crippen molar-refractivity contribution >= 4 is 159 Å². The van der Waals surface area contributed by atoms with Gasteiger partial charge in [0.2, 0.25) is 0 Å². The van der Waals surface area contributed by atoms with E-state index in [1.54, 1.807) is 104 Å². The van der Waals surface area contributed by atoms with Crippen molar-refractivity contribution in [3.05, 3.63) is 215 Å². The van der Waals surface area contributed by atoms with Gasteiger partial charge in [0, 0.05) is 152 Å². The number of aromatic nitrogens is 4. The Kier molecular flexibility index (Phi) is 26.5. The number of aryl methyl sites for hydroxylation is 1. The third kappa shape index (κ3) is 17.4. The summed E-state index contributed by atoms with van der Waals surface area (Å²) in [6.45, 7) is 2.00. The second kappa shape index (κ2) is 33.8. The van der Waals surface area contributed by atoms with Gasteiger partial charge in [-0.1, -0.05) is 84.2 Å². The predicted molar refractivity (Wildman–Crippen MR) is 357 cm³/mol. The van der Waals surface area contributed by atoms with Crippen LogP contribution in [0, 0.1) is 23.3 Å². The Morgan fingerprint density at radius 2 is 0.878 bits per heavy atom. The van der Waals surface area contributed by atoms with Crippen LogP contribution in [0.15, 0.2) is 147 Å². The number of thiocarbonyl (C=S) groups is 1. The molecule has 8 aromatic rings. The van der Waals surface area contributed by atoms with Gasteiger partial charge in [0.1, 0.15) is 28.3 Å². The van der Waals surface area contributed by atoms with Gasteiger partial charge in [-0.15, -0.1) is 12.4 Å². The largest absolute Gasteiger partial charge is 0.478 e. The van der Waals surface area contributed by atoms with Crippen LogP contribution >= 0.6 is 71.0 Å². The Balaban J connectivity index is 0.000000208. The number of amidine groups is 1. The summed E-state index contributed by atoms with van der Waals surface area (Å²) < 4.78 is 67.8. The van der Waals surface area contributed by atoms with E-state index in [0.717, 1.165) is 46.3 Å². The molecular weight excluding hydrogens is 1290 g/mol. The average Bonchev–Trinajstić information content (AvgIpc) is 2.12. The van der Waals surface area contributed by atoms with E-state index >= 15 is 0 Å². The van der Waals surface area contributed by atoms with Gasteiger partial charge in [-0.25, -0.2) is 62.3 Å². The van der Waals surface area contributed by atoms with Crippen molar-refractivity contribution in [2.45, 2.75) is 46.5 Å². The van der Waals surface area contributed by atoms with Crippen molar-refractivity contribution in [2.24, 2.45) is 25.1 Å². The third-order valence-corrected chi connectivity index (χ3v) is 15.0. The van der Waals surface area contributed by atoms with E-state index in [4.69, 9.17) is 65.1 Å². The molecule has 0 radical (unpaired) electrons. The number of carbonyl (C=O) groups excluding carboxylic acids is 1. The molecule has 0 saturated heterocycles. The number of hydrogen-bond donors (Lipinski definition) is 2. The molecule has 0 atom stereocenters. The summed E-state index contributed by atoms with van der Waals surface area (Å²) in [7, 11) is 4.16. The molecule has 4 aromatic heterocycles. The number of hydrogen-bond acceptors (Lipinski definition) is 13. The van der Waals surface area contributed by atoms with Crippen LogP contribution in [0.4, 0.5) is 62.3 Å². The van der Waals surface area contributed by atoms with E-state index in [1.165, 1.54) is 59.6 Å². The van der Waals surface area contributed by atoms with Crippen molar-refractivity contribution < 1.29 is 43.2 Å². The molecular formula is C63H56Cl5F5N12O4S. The number of amides is 1. The van der Waals surface area contributed by atoms with Gasteiger partial charge in [0.05, 0.1) is 34.2 Å². The fourth-order valence-corrected chi connectivity index (χ4v) is 9.76. The number of nitrogens with zero attached hydrogens (tertiary/aromatic N) is 12. The molecule has 4 aliphatic rings. The summed E-state index contributed by atoms with van der Waals surface area (Å²) in [5.74, 6) is -0.186. The standard InChI is InChI=1S/C15H12ClFN4O.C15H11ClFN3O.C15H11ClFN3S.C8H8ClF.C8H6N2O2.CH3F.CH4.ClH/c1-21(9-2-3-13(17)12(16)8-9)15(20-22)11-5-7-19-14-10(11)4-6-18-14;2*1-20(9-2-3-13(17)12(16)8-9)15(21)11-5-7-19-14-10(11)4-6-18-14;1-2-6-3-4-8(10)7(9)5-6;11-8(12)6-2-4-10-7-5(6)1-3-9-7;1-2;;/h2-3,5-8,22H,4H2,1H3;2*2-3,5-8H,4H2,1H3;3-5H,2H2,1H3;2-4H,1H2,(H,11,12);1H3;1H4;1H/b20-15-;;;;;;;/i;;;;;1D;;. The molecule has 0 unspecified atom stereocenters. The highest BCUT2D eigenvalue weighted by atomic mass is 35.5. The maximum Gasteiger partial charge on any atom is 0.336 e. The first-order chi connectivity index (χ1) is 42.7. The maximum absolute atomic E-state index is 13.3. The third-order valence-electron chi connectivity index (χ3n) is 13.4. The number of carbonyl (C=O) groups is 2. The molecule has 468 valence electrons. The topological polar surface area (TPSA) is 198 Å². The van der Waals surface area contributed by atoms with E-state index in [9.17, 15) is 36.7 Å². The summed E-state index contributed by atoms with van der Waals surface area (Å²) >= 11 is 28.5. The Morgan fingerprint density at radius 1 is 0.544 bits per heavy atom. The summed E-state index contributed by atoms with van der Waals surface area (Å²) in [6.07, 6.45) is 16.7. The second-order valence-electron chi connectivity index (χ2n) is 18.6. The van der Waals surface area contributed by atoms with Crippen LogP contribution in [0.25, 0.3) is 0 Å². The van der Waals surface area contributed by atoms with Crippen LogP contribution in [0.2, 0.25) is 20.1 Å². The highest BCUT2D eigenvalue weighted by Crippen LogP contribution is 2.32. The molecule has 1 amide bonds. The zero-order valence-electron chi connectivity index (χ0n) is 48.4. The van der Waals surface area contributed by atoms with Gasteiger partial charge in [0.15, 0.2) is 29.1 Å². The minimum absolute atomic E-state index is 0. The van der Waals surface area contributed by atoms with Gasteiger partial charge in [-0.05, 0) is 103 Å². The number of oxime groups is 1. The number of benzene rings is 4. The van der Waals surface area contributed by atoms with Crippen molar-refractivity contribution in [2.75, 3.05) is 43.0 Å². The normalized spacial score (nSPS) is 12.1. The number of carboxylic acids is 1. The molecule has 90 heavy (non-hydrogen) atoms. The first-order valence-electron chi connectivity index (χ1n) is 26.8. The van der Waals surface area contributed by atoms with Crippen LogP contribution < -0.4 is 14.7 Å². The first kappa shape index (κ1) is 70.4. The summed E-state index contributed by atoms with van der Waals surface area (Å²) in [4.78, 5) is 61.7. The number of anilines is 3. The number of halogens is 10. The molecule has 0 aliphatic carbocycles. The molecule has 8 heterocycles. The van der Waals surface area contributed by atoms with Gasteiger partial charge in [-0.3, -0.25) is 9.18 Å². The highest BCUT2D eigenvalue weighted by Gasteiger charge is 2.24. The van der Waals surface area contributed by atoms with Gasteiger partial charge in [0.25, 0.3) is 5.91 Å². The zero-order chi connectivity index (χ0) is 64.5. The van der Waals surface area contributed by atoms with Crippen molar-refractivity contribution in [3.8, 4) is 0 Å². The molecule has 4 aliphatic heterocycles. The summed E-state index contributed by atoms with van der Waals surface area (Å²) in [5, 5.41) is 21.9. The second-order valence-corrected chi connectivity index (χ2v) is 20.6. The lowest BCUT2D eigenvalue weighted by Gasteiger charge is -2.22. The number of fused-ring (bicyclic) bond motifs is 4. The Hall–Kier alpha value is -8.64. The number of pyridine rings is 4. The lowest BCUT2D eigenvalue weighted by molar-refractivity contribution is 0.0695. The van der Waals surface area contributed by atoms with E-state index in [-0.39, 0.29) is 51.6 Å². The molecule has 0 bridgehead atoms. The predicted octanol–water partition coefficient (Wildman–Crippen LogP) is 16.5. The Bertz CT molecular complexity index is 3990. The monoisotopic (exact) mass is 1350 g/mol. The SMILES string of the molecule is C.CCc1ccc(F)c(Cl)c1.CN(/C(=N\O)c1ccnc2c1CC=N2)c1ccc(F)c(Cl)c1.CN(C(=O)c1ccnc2c1CC=N2)c1ccc(F)c(Cl)c1.CN(C(=S)c1ccnc2c1CC=N2)c1ccc(F)c(Cl)c1.Cl.O=C(O)c1ccnc2c1CC=N2.[2H]CF. The molecule has 0 saturated carbocycles. The fraction of sp³-hybridized carbons (Fsp3) is 0.175. The maximum atomic E-state index is 13.3. The van der Waals surface area contributed by atoms with E-state index in [1.807, 2.05) is 26.3 Å². The van der Waals surface area contributed by atoms with E-state index in [2.05, 4.69) is 45.1 Å². The minimum atomic E-state index is -1.00. The van der Waals surface area contributed by atoms with Crippen molar-refractivity contribution in [1.29, 1.82) is 0 Å². The van der Waals surface area contributed by atoms with Crippen molar-refractivity contribution in [1.82, 2.24) is 19.9 Å². The molecule has 12 rings (SSSR count). The first-order valence-corrected chi connectivity index (χ1v) is 28.0. The van der Waals surface area contributed by atoms with Crippen LogP contribution in [0.5, 0.6) is 0 Å². The van der Waals surface area contributed by atoms with Crippen LogP contribution in [-0.4, -0.2) is 106 Å². The van der Waals surface area contributed by atoms with Gasteiger partial charge in [-0.2, -0.15) is 0 Å². The molecule has 16 nitrogen and oxygen atoms in total. The lowest BCUT2D eigenvalue weighted by atomic mass is 10.1. The Labute approximate surface area is 548 Å². The molecule has 0 fully saturated rings. The number of aliphatic imine (C=N–C) groups is 4. The van der Waals surface area contributed by atoms with Gasteiger partial charge >= 0.3 is 5.97 Å². The number of alkyl halides is 1. The number of rotatable bonds is 8. The minimum Gasteiger partial charge on any atom is -0.478 e. The lowest BCUT2D eigenvalue weighted by Crippen LogP contribution is -2.28. The summed E-state index contributed by atoms with van der Waals surface area (Å²) in [6, 6.07) is 24.6. The average molecular weight is 1350 g/mol. The zero-order valence-corrected chi connectivity index (χ0v) is 52.1. The molecule has 0 spiro atoms. The van der Waals surface area contributed by atoms with E-state index < -0.39 is 30.6 Å². The molecule has 4 aromatic carbocycles. The smallest absolute Gasteiger partial charge is 0.336 e. The van der Waals surface area contributed by atoms with Crippen LogP contribution in [0.1, 0.15) is 75.4 Å². The molecule has 2 N–H and O–H groups in total. The van der Waals surface area contributed by atoms with E-state index in [0.29, 0.717) is 87.0 Å². The Morgan fingerprint density at radius 3 is 1.27 bits per heavy atom. The van der Waals surface area contributed by atoms with Crippen LogP contribution in [-0.2, 0) is 32.1 Å². The molecule has 27 heteroatoms. The van der Waals surface area contributed by atoms with Crippen molar-refractivity contribution in [3.63, 3.8) is 0 Å². The number of aromatic carboxylic acids is 1. The summed E-state index contributed by atoms with van der Waals surface area (Å²) in [5.41, 5.74) is 8.81. The van der Waals surface area contributed by atoms with Gasteiger partial charge < -0.3 is 25.0 Å². The number of carboxylic acid groups (broad SMARTS) is 1. The van der Waals surface area contributed by atoms with Crippen LogP contribution in [0.3, 0.4) is 0 Å². The highest BCUT2D eigenvalue weighted by molar-refractivity contribution is 7.81. The quantitative estimate of drug-likeness (QED) is 0.0367.